The molecule has 6 nitrogen and oxygen atoms in total. The van der Waals surface area contributed by atoms with Gasteiger partial charge in [0.05, 0.1) is 11.3 Å². The van der Waals surface area contributed by atoms with Crippen LogP contribution in [0.3, 0.4) is 0 Å². The molecule has 0 unspecified atom stereocenters. The van der Waals surface area contributed by atoms with Gasteiger partial charge in [0.2, 0.25) is 0 Å². The van der Waals surface area contributed by atoms with Crippen LogP contribution in [0.2, 0.25) is 0 Å². The molecule has 7 heteroatoms. The van der Waals surface area contributed by atoms with Gasteiger partial charge in [0, 0.05) is 10.6 Å². The number of carbonyl (C=O) groups is 2. The zero-order valence-corrected chi connectivity index (χ0v) is 11.9. The Balaban J connectivity index is 1.61. The highest BCUT2D eigenvalue weighted by Gasteiger charge is 2.17. The Morgan fingerprint density at radius 2 is 1.90 bits per heavy atom. The van der Waals surface area contributed by atoms with E-state index in [0.717, 1.165) is 25.0 Å². The molecular formula is C14H13N3O3S. The van der Waals surface area contributed by atoms with E-state index in [-0.39, 0.29) is 11.6 Å². The molecule has 0 atom stereocenters. The molecule has 1 heterocycles. The first kappa shape index (κ1) is 13.6. The van der Waals surface area contributed by atoms with Crippen molar-refractivity contribution < 1.29 is 14.7 Å². The lowest BCUT2D eigenvalue weighted by Crippen LogP contribution is -2.19. The number of nitrogens with one attached hydrogen (secondary N) is 2. The molecule has 108 valence electrons. The van der Waals surface area contributed by atoms with Gasteiger partial charge in [0.1, 0.15) is 0 Å². The molecule has 0 spiro atoms. The van der Waals surface area contributed by atoms with Crippen molar-refractivity contribution in [3.05, 3.63) is 40.4 Å². The fourth-order valence-corrected chi connectivity index (χ4v) is 3.24. The van der Waals surface area contributed by atoms with Gasteiger partial charge in [-0.1, -0.05) is 0 Å². The second-order valence-electron chi connectivity index (χ2n) is 4.70. The van der Waals surface area contributed by atoms with Crippen LogP contribution < -0.4 is 10.6 Å². The number of hydrogen-bond donors (Lipinski definition) is 3. The smallest absolute Gasteiger partial charge is 0.335 e. The average molecular weight is 303 g/mol. The van der Waals surface area contributed by atoms with Crippen molar-refractivity contribution in [2.24, 2.45) is 0 Å². The lowest BCUT2D eigenvalue weighted by molar-refractivity contribution is 0.0697. The number of benzene rings is 1. The Kier molecular flexibility index (Phi) is 3.57. The summed E-state index contributed by atoms with van der Waals surface area (Å²) in [4.78, 5) is 28.2. The molecule has 1 aliphatic rings. The lowest BCUT2D eigenvalue weighted by Gasteiger charge is -2.05. The first-order valence-corrected chi connectivity index (χ1v) is 7.33. The molecule has 2 aromatic rings. The number of carbonyl (C=O) groups excluding carboxylic acids is 1. The van der Waals surface area contributed by atoms with Crippen LogP contribution >= 0.6 is 11.3 Å². The van der Waals surface area contributed by atoms with E-state index < -0.39 is 5.97 Å². The third-order valence-electron chi connectivity index (χ3n) is 3.21. The Morgan fingerprint density at radius 1 is 1.14 bits per heavy atom. The summed E-state index contributed by atoms with van der Waals surface area (Å²) in [6.07, 6.45) is 3.15. The summed E-state index contributed by atoms with van der Waals surface area (Å²) in [5.74, 6) is -0.997. The van der Waals surface area contributed by atoms with E-state index in [0.29, 0.717) is 10.8 Å². The predicted octanol–water partition coefficient (Wildman–Crippen LogP) is 2.97. The molecule has 0 saturated heterocycles. The standard InChI is InChI=1S/C14H13N3O3S/c18-12(19)8-4-6-9(7-5-8)15-13(20)17-14-16-10-2-1-3-11(10)21-14/h4-7H,1-3H2,(H,18,19)(H2,15,16,17,20). The molecule has 3 rings (SSSR count). The van der Waals surface area contributed by atoms with Crippen LogP contribution in [-0.2, 0) is 12.8 Å². The Morgan fingerprint density at radius 3 is 2.57 bits per heavy atom. The molecule has 0 saturated carbocycles. The number of anilines is 2. The number of hydrogen-bond acceptors (Lipinski definition) is 4. The van der Waals surface area contributed by atoms with Crippen molar-refractivity contribution >= 4 is 34.2 Å². The Bertz CT molecular complexity index is 672. The summed E-state index contributed by atoms with van der Waals surface area (Å²) in [5.41, 5.74) is 1.79. The maximum atomic E-state index is 11.9. The van der Waals surface area contributed by atoms with Crippen molar-refractivity contribution in [3.8, 4) is 0 Å². The van der Waals surface area contributed by atoms with Crippen LogP contribution in [0.15, 0.2) is 24.3 Å². The Hall–Kier alpha value is -2.41. The first-order chi connectivity index (χ1) is 10.1. The van der Waals surface area contributed by atoms with E-state index in [9.17, 15) is 9.59 Å². The van der Waals surface area contributed by atoms with E-state index in [1.165, 1.54) is 28.3 Å². The van der Waals surface area contributed by atoms with Crippen LogP contribution in [0.25, 0.3) is 0 Å². The van der Waals surface area contributed by atoms with E-state index in [4.69, 9.17) is 5.11 Å². The van der Waals surface area contributed by atoms with Gasteiger partial charge in [-0.2, -0.15) is 0 Å². The third-order valence-corrected chi connectivity index (χ3v) is 4.28. The molecule has 3 N–H and O–H groups in total. The van der Waals surface area contributed by atoms with Gasteiger partial charge < -0.3 is 10.4 Å². The normalized spacial score (nSPS) is 12.8. The van der Waals surface area contributed by atoms with Gasteiger partial charge >= 0.3 is 12.0 Å². The van der Waals surface area contributed by atoms with E-state index in [1.807, 2.05) is 0 Å². The molecule has 0 bridgehead atoms. The van der Waals surface area contributed by atoms with Crippen LogP contribution in [-0.4, -0.2) is 22.1 Å². The number of urea groups is 1. The van der Waals surface area contributed by atoms with Crippen molar-refractivity contribution in [1.29, 1.82) is 0 Å². The van der Waals surface area contributed by atoms with Gasteiger partial charge in [0.15, 0.2) is 5.13 Å². The summed E-state index contributed by atoms with van der Waals surface area (Å²) in [6.45, 7) is 0. The predicted molar refractivity (Wildman–Crippen MR) is 80.2 cm³/mol. The largest absolute Gasteiger partial charge is 0.478 e. The van der Waals surface area contributed by atoms with Crippen LogP contribution in [0.5, 0.6) is 0 Å². The quantitative estimate of drug-likeness (QED) is 0.813. The highest BCUT2D eigenvalue weighted by atomic mass is 32.1. The molecule has 0 fully saturated rings. The topological polar surface area (TPSA) is 91.3 Å². The van der Waals surface area contributed by atoms with E-state index >= 15 is 0 Å². The lowest BCUT2D eigenvalue weighted by atomic mass is 10.2. The SMILES string of the molecule is O=C(Nc1ccc(C(=O)O)cc1)Nc1nc2c(s1)CCC2. The molecule has 1 aromatic carbocycles. The summed E-state index contributed by atoms with van der Waals surface area (Å²) in [5, 5.41) is 14.7. The number of aromatic nitrogens is 1. The number of aryl methyl sites for hydroxylation is 2. The number of fused-ring (bicyclic) bond motifs is 1. The van der Waals surface area contributed by atoms with Crippen LogP contribution in [0, 0.1) is 0 Å². The second-order valence-corrected chi connectivity index (χ2v) is 5.79. The Labute approximate surface area is 124 Å². The summed E-state index contributed by atoms with van der Waals surface area (Å²) in [7, 11) is 0. The molecule has 0 aliphatic heterocycles. The fraction of sp³-hybridized carbons (Fsp3) is 0.214. The number of carboxylic acid groups (broad SMARTS) is 1. The maximum Gasteiger partial charge on any atom is 0.335 e. The number of carboxylic acids is 1. The molecule has 1 aromatic heterocycles. The summed E-state index contributed by atoms with van der Waals surface area (Å²) >= 11 is 1.51. The molecule has 2 amide bonds. The van der Waals surface area contributed by atoms with Crippen molar-refractivity contribution in [3.63, 3.8) is 0 Å². The maximum absolute atomic E-state index is 11.9. The number of aromatic carboxylic acids is 1. The van der Waals surface area contributed by atoms with Crippen molar-refractivity contribution in [2.45, 2.75) is 19.3 Å². The first-order valence-electron chi connectivity index (χ1n) is 6.52. The minimum Gasteiger partial charge on any atom is -0.478 e. The van der Waals surface area contributed by atoms with Gasteiger partial charge in [-0.3, -0.25) is 5.32 Å². The van der Waals surface area contributed by atoms with Crippen molar-refractivity contribution in [2.75, 3.05) is 10.6 Å². The average Bonchev–Trinajstić information content (AvgIpc) is 3.00. The number of amides is 2. The number of rotatable bonds is 3. The molecule has 21 heavy (non-hydrogen) atoms. The second kappa shape index (κ2) is 5.53. The third kappa shape index (κ3) is 3.03. The zero-order chi connectivity index (χ0) is 14.8. The van der Waals surface area contributed by atoms with Gasteiger partial charge in [0.25, 0.3) is 0 Å². The minimum absolute atomic E-state index is 0.178. The van der Waals surface area contributed by atoms with Crippen LogP contribution in [0.4, 0.5) is 15.6 Å². The monoisotopic (exact) mass is 303 g/mol. The van der Waals surface area contributed by atoms with E-state index in [1.54, 1.807) is 12.1 Å². The van der Waals surface area contributed by atoms with Crippen LogP contribution in [0.1, 0.15) is 27.3 Å². The van der Waals surface area contributed by atoms with Gasteiger partial charge in [-0.15, -0.1) is 11.3 Å². The molecule has 1 aliphatic carbocycles. The van der Waals surface area contributed by atoms with Gasteiger partial charge in [-0.25, -0.2) is 14.6 Å². The summed E-state index contributed by atoms with van der Waals surface area (Å²) < 4.78 is 0. The minimum atomic E-state index is -0.997. The highest BCUT2D eigenvalue weighted by molar-refractivity contribution is 7.15. The van der Waals surface area contributed by atoms with Gasteiger partial charge in [-0.05, 0) is 43.5 Å². The summed E-state index contributed by atoms with van der Waals surface area (Å²) in [6, 6.07) is 5.59. The fourth-order valence-electron chi connectivity index (χ4n) is 2.20. The zero-order valence-electron chi connectivity index (χ0n) is 11.0. The molecule has 0 radical (unpaired) electrons. The number of nitrogens with zero attached hydrogens (tertiary/aromatic N) is 1. The molecular weight excluding hydrogens is 290 g/mol. The number of thiazole rings is 1. The van der Waals surface area contributed by atoms with Crippen molar-refractivity contribution in [1.82, 2.24) is 4.98 Å². The van der Waals surface area contributed by atoms with E-state index in [2.05, 4.69) is 15.6 Å². The highest BCUT2D eigenvalue weighted by Crippen LogP contribution is 2.30.